The summed E-state index contributed by atoms with van der Waals surface area (Å²) in [7, 11) is 0. The van der Waals surface area contributed by atoms with Gasteiger partial charge in [0.15, 0.2) is 6.10 Å². The number of ether oxygens (including phenoxy) is 1. The van der Waals surface area contributed by atoms with Crippen LogP contribution in [0.1, 0.15) is 0 Å². The summed E-state index contributed by atoms with van der Waals surface area (Å²) in [4.78, 5) is 19.8. The molecule has 0 saturated carbocycles. The van der Waals surface area contributed by atoms with Crippen molar-refractivity contribution in [1.82, 2.24) is 0 Å². The SMILES string of the molecule is O=C(O)[C@@H](O)COC(=O)C(F)(F)F. The zero-order valence-corrected chi connectivity index (χ0v) is 6.04. The van der Waals surface area contributed by atoms with Crippen LogP contribution in [0.4, 0.5) is 13.2 Å². The Hall–Kier alpha value is -1.31. The molecule has 0 rings (SSSR count). The van der Waals surface area contributed by atoms with Crippen molar-refractivity contribution in [2.24, 2.45) is 0 Å². The largest absolute Gasteiger partial charge is 0.490 e. The molecule has 5 nitrogen and oxygen atoms in total. The molecule has 0 aliphatic carbocycles. The van der Waals surface area contributed by atoms with E-state index < -0.39 is 30.8 Å². The quantitative estimate of drug-likeness (QED) is 0.605. The summed E-state index contributed by atoms with van der Waals surface area (Å²) in [6.07, 6.45) is -7.33. The van der Waals surface area contributed by atoms with Crippen LogP contribution in [0.2, 0.25) is 0 Å². The monoisotopic (exact) mass is 202 g/mol. The summed E-state index contributed by atoms with van der Waals surface area (Å²) in [5.74, 6) is -4.30. The van der Waals surface area contributed by atoms with Crippen molar-refractivity contribution in [1.29, 1.82) is 0 Å². The molecule has 0 fully saturated rings. The van der Waals surface area contributed by atoms with Crippen LogP contribution < -0.4 is 0 Å². The van der Waals surface area contributed by atoms with E-state index in [0.29, 0.717) is 0 Å². The van der Waals surface area contributed by atoms with Crippen molar-refractivity contribution in [3.8, 4) is 0 Å². The lowest BCUT2D eigenvalue weighted by Gasteiger charge is -2.08. The van der Waals surface area contributed by atoms with Crippen molar-refractivity contribution in [3.63, 3.8) is 0 Å². The second-order valence-electron chi connectivity index (χ2n) is 1.95. The number of carboxylic acids is 1. The number of alkyl halides is 3. The molecule has 0 heterocycles. The van der Waals surface area contributed by atoms with Crippen molar-refractivity contribution in [3.05, 3.63) is 0 Å². The van der Waals surface area contributed by atoms with Crippen LogP contribution in [-0.2, 0) is 14.3 Å². The summed E-state index contributed by atoms with van der Waals surface area (Å²) in [5, 5.41) is 16.4. The lowest BCUT2D eigenvalue weighted by Crippen LogP contribution is -2.32. The fourth-order valence-corrected chi connectivity index (χ4v) is 0.308. The minimum Gasteiger partial charge on any atom is -0.479 e. The van der Waals surface area contributed by atoms with E-state index in [1.54, 1.807) is 0 Å². The maximum Gasteiger partial charge on any atom is 0.490 e. The fourth-order valence-electron chi connectivity index (χ4n) is 0.308. The second kappa shape index (κ2) is 4.08. The number of halogens is 3. The molecule has 8 heteroatoms. The number of aliphatic hydroxyl groups is 1. The predicted octanol–water partition coefficient (Wildman–Crippen LogP) is -0.463. The normalized spacial score (nSPS) is 13.5. The van der Waals surface area contributed by atoms with Crippen LogP contribution in [0.25, 0.3) is 0 Å². The number of carboxylic acid groups (broad SMARTS) is 1. The third kappa shape index (κ3) is 4.31. The number of aliphatic carboxylic acids is 1. The summed E-state index contributed by atoms with van der Waals surface area (Å²) in [6, 6.07) is 0. The van der Waals surface area contributed by atoms with E-state index in [0.717, 1.165) is 0 Å². The number of hydrogen-bond donors (Lipinski definition) is 2. The van der Waals surface area contributed by atoms with Crippen molar-refractivity contribution >= 4 is 11.9 Å². The average molecular weight is 202 g/mol. The van der Waals surface area contributed by atoms with Gasteiger partial charge in [-0.2, -0.15) is 13.2 Å². The second-order valence-corrected chi connectivity index (χ2v) is 1.95. The van der Waals surface area contributed by atoms with E-state index in [9.17, 15) is 22.8 Å². The first-order valence-corrected chi connectivity index (χ1v) is 2.90. The molecule has 0 aromatic carbocycles. The van der Waals surface area contributed by atoms with E-state index in [1.807, 2.05) is 0 Å². The molecule has 0 amide bonds. The molecule has 0 aliphatic rings. The molecule has 0 spiro atoms. The van der Waals surface area contributed by atoms with Gasteiger partial charge in [0, 0.05) is 0 Å². The highest BCUT2D eigenvalue weighted by atomic mass is 19.4. The molecule has 0 unspecified atom stereocenters. The third-order valence-corrected chi connectivity index (χ3v) is 0.889. The number of hydrogen-bond acceptors (Lipinski definition) is 4. The highest BCUT2D eigenvalue weighted by Gasteiger charge is 2.41. The number of rotatable bonds is 3. The molecule has 13 heavy (non-hydrogen) atoms. The summed E-state index contributed by atoms with van der Waals surface area (Å²) >= 11 is 0. The Labute approximate surface area is 69.7 Å². The predicted molar refractivity (Wildman–Crippen MR) is 30.7 cm³/mol. The lowest BCUT2D eigenvalue weighted by molar-refractivity contribution is -0.202. The summed E-state index contributed by atoms with van der Waals surface area (Å²) in [5.41, 5.74) is 0. The van der Waals surface area contributed by atoms with Gasteiger partial charge < -0.3 is 14.9 Å². The van der Waals surface area contributed by atoms with E-state index in [2.05, 4.69) is 4.74 Å². The Balaban J connectivity index is 3.91. The summed E-state index contributed by atoms with van der Waals surface area (Å²) in [6.45, 7) is -1.23. The van der Waals surface area contributed by atoms with E-state index in [4.69, 9.17) is 10.2 Å². The third-order valence-electron chi connectivity index (χ3n) is 0.889. The molecule has 0 aromatic heterocycles. The van der Waals surface area contributed by atoms with Gasteiger partial charge in [0.2, 0.25) is 0 Å². The van der Waals surface area contributed by atoms with Crippen LogP contribution in [0.15, 0.2) is 0 Å². The van der Waals surface area contributed by atoms with Gasteiger partial charge in [-0.25, -0.2) is 9.59 Å². The average Bonchev–Trinajstić information content (AvgIpc) is 1.97. The van der Waals surface area contributed by atoms with E-state index in [1.165, 1.54) is 0 Å². The van der Waals surface area contributed by atoms with Crippen molar-refractivity contribution < 1.29 is 37.7 Å². The molecule has 0 bridgehead atoms. The van der Waals surface area contributed by atoms with Gasteiger partial charge in [-0.15, -0.1) is 0 Å². The molecular formula is C5H5F3O5. The van der Waals surface area contributed by atoms with Gasteiger partial charge in [-0.05, 0) is 0 Å². The van der Waals surface area contributed by atoms with E-state index >= 15 is 0 Å². The highest BCUT2D eigenvalue weighted by molar-refractivity contribution is 5.77. The van der Waals surface area contributed by atoms with Gasteiger partial charge in [0.1, 0.15) is 6.61 Å². The smallest absolute Gasteiger partial charge is 0.479 e. The van der Waals surface area contributed by atoms with Crippen molar-refractivity contribution in [2.75, 3.05) is 6.61 Å². The number of carbonyl (C=O) groups excluding carboxylic acids is 1. The molecule has 1 atom stereocenters. The molecule has 2 N–H and O–H groups in total. The van der Waals surface area contributed by atoms with Crippen LogP contribution in [0.5, 0.6) is 0 Å². The van der Waals surface area contributed by atoms with Gasteiger partial charge in [-0.3, -0.25) is 0 Å². The number of aliphatic hydroxyl groups excluding tert-OH is 1. The molecule has 0 aliphatic heterocycles. The zero-order valence-electron chi connectivity index (χ0n) is 6.04. The van der Waals surface area contributed by atoms with Gasteiger partial charge in [0.05, 0.1) is 0 Å². The van der Waals surface area contributed by atoms with Crippen LogP contribution >= 0.6 is 0 Å². The maximum absolute atomic E-state index is 11.4. The zero-order chi connectivity index (χ0) is 10.6. The maximum atomic E-state index is 11.4. The first-order valence-electron chi connectivity index (χ1n) is 2.90. The van der Waals surface area contributed by atoms with Crippen LogP contribution in [0, 0.1) is 0 Å². The molecule has 0 radical (unpaired) electrons. The number of esters is 1. The van der Waals surface area contributed by atoms with Gasteiger partial charge in [0.25, 0.3) is 0 Å². The Kier molecular flexibility index (Phi) is 3.67. The Morgan fingerprint density at radius 2 is 1.85 bits per heavy atom. The van der Waals surface area contributed by atoms with Gasteiger partial charge >= 0.3 is 18.1 Å². The van der Waals surface area contributed by atoms with Gasteiger partial charge in [-0.1, -0.05) is 0 Å². The number of carbonyl (C=O) groups is 2. The van der Waals surface area contributed by atoms with E-state index in [-0.39, 0.29) is 0 Å². The first kappa shape index (κ1) is 11.7. The fraction of sp³-hybridized carbons (Fsp3) is 0.600. The lowest BCUT2D eigenvalue weighted by atomic mass is 10.4. The minimum atomic E-state index is -5.18. The highest BCUT2D eigenvalue weighted by Crippen LogP contribution is 2.16. The molecule has 0 saturated heterocycles. The molecule has 76 valence electrons. The van der Waals surface area contributed by atoms with Crippen molar-refractivity contribution in [2.45, 2.75) is 12.3 Å². The van der Waals surface area contributed by atoms with Crippen LogP contribution in [-0.4, -0.2) is 41.0 Å². The first-order chi connectivity index (χ1) is 5.75. The summed E-state index contributed by atoms with van der Waals surface area (Å²) < 4.78 is 37.6. The molecular weight excluding hydrogens is 197 g/mol. The topological polar surface area (TPSA) is 83.8 Å². The standard InChI is InChI=1S/C5H5F3O5/c6-5(7,8)4(12)13-1-2(9)3(10)11/h2,9H,1H2,(H,10,11)/t2-/m0/s1. The Morgan fingerprint density at radius 3 is 2.15 bits per heavy atom. The Bertz CT molecular complexity index is 211. The Morgan fingerprint density at radius 1 is 1.38 bits per heavy atom. The molecule has 0 aromatic rings. The van der Waals surface area contributed by atoms with Crippen LogP contribution in [0.3, 0.4) is 0 Å². The minimum absolute atomic E-state index is 1.23.